The molecule has 0 bridgehead atoms. The number of aromatic nitrogens is 7. The SMILES string of the molecule is C[C@@H](NC(=O)c1c[nH]c2ncc(-c3nn(C)c4cc(Cl)cc(Cl)c34)nc12)C(=O)N1CC(C#N)C1.Clc1cc(Cl)c2cn[nH]c2c1. The molecule has 1 atom stereocenters. The van der Waals surface area contributed by atoms with E-state index in [2.05, 4.69) is 41.6 Å². The van der Waals surface area contributed by atoms with Crippen LogP contribution in [0.25, 0.3) is 44.4 Å². The Labute approximate surface area is 275 Å². The minimum atomic E-state index is -0.753. The minimum Gasteiger partial charge on any atom is -0.344 e. The van der Waals surface area contributed by atoms with Crippen molar-refractivity contribution >= 4 is 91.2 Å². The average Bonchev–Trinajstić information content (AvgIpc) is 3.70. The fourth-order valence-corrected chi connectivity index (χ4v) is 6.10. The Balaban J connectivity index is 0.000000272. The van der Waals surface area contributed by atoms with Gasteiger partial charge in [-0.3, -0.25) is 19.4 Å². The van der Waals surface area contributed by atoms with E-state index in [0.29, 0.717) is 61.1 Å². The van der Waals surface area contributed by atoms with E-state index in [-0.39, 0.29) is 17.4 Å². The average molecular weight is 684 g/mol. The van der Waals surface area contributed by atoms with Gasteiger partial charge in [-0.1, -0.05) is 46.4 Å². The summed E-state index contributed by atoms with van der Waals surface area (Å²) in [4.78, 5) is 39.0. The van der Waals surface area contributed by atoms with Crippen molar-refractivity contribution in [3.8, 4) is 17.5 Å². The van der Waals surface area contributed by atoms with Crippen LogP contribution in [-0.4, -0.2) is 70.8 Å². The molecule has 0 aliphatic carbocycles. The number of aromatic amines is 2. The zero-order chi connectivity index (χ0) is 32.0. The standard InChI is InChI=1S/C22H18Cl2N8O2.C7H4Cl2N2/c1-10(22(34)32-8-11(5-25)9-32)28-21(33)13-6-26-20-18(13)29-15(7-27-20)19-17-14(24)3-12(23)4-16(17)31(2)30-19;8-4-1-6(9)5-3-10-11-7(5)2-4/h3-4,6-7,10-11H,8-9H2,1-2H3,(H,26,27)(H,28,33);1-3H,(H,10,11)/t10-;/m1./s1. The fourth-order valence-electron chi connectivity index (χ4n) is 4.99. The van der Waals surface area contributed by atoms with Crippen molar-refractivity contribution in [2.24, 2.45) is 13.0 Å². The summed E-state index contributed by atoms with van der Waals surface area (Å²) < 4.78 is 1.65. The van der Waals surface area contributed by atoms with Gasteiger partial charge in [0.05, 0.1) is 51.0 Å². The first-order valence-electron chi connectivity index (χ1n) is 13.5. The summed E-state index contributed by atoms with van der Waals surface area (Å²) in [5.74, 6) is -0.854. The summed E-state index contributed by atoms with van der Waals surface area (Å²) in [6.45, 7) is 2.37. The Morgan fingerprint density at radius 2 is 1.82 bits per heavy atom. The number of rotatable bonds is 4. The van der Waals surface area contributed by atoms with Crippen molar-refractivity contribution in [3.63, 3.8) is 0 Å². The van der Waals surface area contributed by atoms with Crippen LogP contribution >= 0.6 is 46.4 Å². The summed E-state index contributed by atoms with van der Waals surface area (Å²) in [6, 6.07) is 8.25. The van der Waals surface area contributed by atoms with Gasteiger partial charge in [0, 0.05) is 47.2 Å². The highest BCUT2D eigenvalue weighted by molar-refractivity contribution is 6.39. The summed E-state index contributed by atoms with van der Waals surface area (Å²) in [5, 5.41) is 26.5. The maximum atomic E-state index is 13.0. The van der Waals surface area contributed by atoms with Crippen molar-refractivity contribution in [1.29, 1.82) is 5.26 Å². The summed E-state index contributed by atoms with van der Waals surface area (Å²) in [7, 11) is 1.77. The number of halogens is 4. The normalized spacial score (nSPS) is 13.8. The lowest BCUT2D eigenvalue weighted by molar-refractivity contribution is -0.137. The molecule has 3 N–H and O–H groups in total. The van der Waals surface area contributed by atoms with Crippen LogP contribution in [-0.2, 0) is 11.8 Å². The van der Waals surface area contributed by atoms with Crippen LogP contribution in [0.2, 0.25) is 20.1 Å². The van der Waals surface area contributed by atoms with Crippen LogP contribution in [0.3, 0.4) is 0 Å². The van der Waals surface area contributed by atoms with Crippen molar-refractivity contribution in [3.05, 3.63) is 68.5 Å². The minimum absolute atomic E-state index is 0.152. The molecule has 4 aromatic heterocycles. The lowest BCUT2D eigenvalue weighted by atomic mass is 10.0. The van der Waals surface area contributed by atoms with E-state index in [9.17, 15) is 9.59 Å². The Morgan fingerprint density at radius 1 is 1.09 bits per heavy atom. The predicted octanol–water partition coefficient (Wildman–Crippen LogP) is 5.79. The van der Waals surface area contributed by atoms with Gasteiger partial charge in [0.25, 0.3) is 5.91 Å². The second-order valence-electron chi connectivity index (χ2n) is 10.4. The van der Waals surface area contributed by atoms with Gasteiger partial charge in [0.15, 0.2) is 5.65 Å². The molecule has 1 saturated heterocycles. The molecule has 7 rings (SSSR count). The molecule has 6 aromatic rings. The van der Waals surface area contributed by atoms with Crippen LogP contribution in [0.1, 0.15) is 17.3 Å². The van der Waals surface area contributed by atoms with Crippen LogP contribution in [0.15, 0.2) is 42.9 Å². The predicted molar refractivity (Wildman–Crippen MR) is 172 cm³/mol. The number of hydrogen-bond acceptors (Lipinski definition) is 7. The van der Waals surface area contributed by atoms with E-state index in [1.165, 1.54) is 6.20 Å². The number of carbonyl (C=O) groups is 2. The zero-order valence-electron chi connectivity index (χ0n) is 23.6. The zero-order valence-corrected chi connectivity index (χ0v) is 26.6. The molecule has 16 heteroatoms. The fraction of sp³-hybridized carbons (Fsp3) is 0.207. The van der Waals surface area contributed by atoms with Crippen LogP contribution in [0.5, 0.6) is 0 Å². The molecule has 45 heavy (non-hydrogen) atoms. The maximum absolute atomic E-state index is 13.0. The van der Waals surface area contributed by atoms with Gasteiger partial charge in [-0.2, -0.15) is 15.5 Å². The largest absolute Gasteiger partial charge is 0.344 e. The number of nitriles is 1. The number of hydrogen-bond donors (Lipinski definition) is 3. The van der Waals surface area contributed by atoms with E-state index in [4.69, 9.17) is 51.7 Å². The molecular weight excluding hydrogens is 662 g/mol. The van der Waals surface area contributed by atoms with Gasteiger partial charge in [-0.25, -0.2) is 9.97 Å². The molecule has 0 saturated carbocycles. The molecule has 5 heterocycles. The topological polar surface area (TPSA) is 161 Å². The number of carbonyl (C=O) groups excluding carboxylic acids is 2. The number of nitrogens with zero attached hydrogens (tertiary/aromatic N) is 7. The summed E-state index contributed by atoms with van der Waals surface area (Å²) in [6.07, 6.45) is 4.72. The van der Waals surface area contributed by atoms with Crippen LogP contribution in [0.4, 0.5) is 0 Å². The van der Waals surface area contributed by atoms with Crippen molar-refractivity contribution in [2.45, 2.75) is 13.0 Å². The number of nitrogens with one attached hydrogen (secondary N) is 3. The van der Waals surface area contributed by atoms with Gasteiger partial charge in [0.2, 0.25) is 5.91 Å². The first kappa shape index (κ1) is 30.6. The first-order chi connectivity index (χ1) is 21.5. The molecule has 0 radical (unpaired) electrons. The number of benzene rings is 2. The lowest BCUT2D eigenvalue weighted by Crippen LogP contribution is -2.55. The molecule has 1 aliphatic heterocycles. The second-order valence-corrected chi connectivity index (χ2v) is 12.1. The Bertz CT molecular complexity index is 2160. The molecule has 2 amide bonds. The molecular formula is C29H22Cl4N10O2. The van der Waals surface area contributed by atoms with Gasteiger partial charge in [0.1, 0.15) is 22.9 Å². The summed E-state index contributed by atoms with van der Waals surface area (Å²) >= 11 is 24.2. The number of likely N-dealkylation sites (tertiary alicyclic amines) is 1. The monoisotopic (exact) mass is 682 g/mol. The van der Waals surface area contributed by atoms with Gasteiger partial charge >= 0.3 is 0 Å². The third kappa shape index (κ3) is 5.87. The highest BCUT2D eigenvalue weighted by Gasteiger charge is 2.33. The number of fused-ring (bicyclic) bond motifs is 3. The first-order valence-corrected chi connectivity index (χ1v) is 15.0. The highest BCUT2D eigenvalue weighted by atomic mass is 35.5. The number of amides is 2. The van der Waals surface area contributed by atoms with Crippen molar-refractivity contribution in [2.75, 3.05) is 13.1 Å². The lowest BCUT2D eigenvalue weighted by Gasteiger charge is -2.37. The van der Waals surface area contributed by atoms with Gasteiger partial charge < -0.3 is 15.2 Å². The molecule has 228 valence electrons. The molecule has 0 spiro atoms. The van der Waals surface area contributed by atoms with E-state index in [1.54, 1.807) is 60.2 Å². The molecule has 1 aliphatic rings. The Kier molecular flexibility index (Phi) is 8.28. The quantitative estimate of drug-likeness (QED) is 0.212. The van der Waals surface area contributed by atoms with Crippen LogP contribution < -0.4 is 5.32 Å². The van der Waals surface area contributed by atoms with Crippen molar-refractivity contribution in [1.82, 2.24) is 45.1 Å². The third-order valence-corrected chi connectivity index (χ3v) is 8.35. The van der Waals surface area contributed by atoms with E-state index < -0.39 is 11.9 Å². The van der Waals surface area contributed by atoms with Crippen molar-refractivity contribution < 1.29 is 9.59 Å². The third-order valence-electron chi connectivity index (χ3n) is 7.30. The number of aryl methyl sites for hydroxylation is 1. The highest BCUT2D eigenvalue weighted by Crippen LogP contribution is 2.35. The van der Waals surface area contributed by atoms with E-state index in [0.717, 1.165) is 16.4 Å². The van der Waals surface area contributed by atoms with Gasteiger partial charge in [-0.15, -0.1) is 0 Å². The Morgan fingerprint density at radius 3 is 2.58 bits per heavy atom. The van der Waals surface area contributed by atoms with E-state index >= 15 is 0 Å². The number of H-pyrrole nitrogens is 2. The maximum Gasteiger partial charge on any atom is 0.255 e. The summed E-state index contributed by atoms with van der Waals surface area (Å²) in [5.41, 5.74) is 3.55. The molecule has 1 fully saturated rings. The molecule has 2 aromatic carbocycles. The van der Waals surface area contributed by atoms with Crippen LogP contribution in [0, 0.1) is 17.2 Å². The van der Waals surface area contributed by atoms with E-state index in [1.807, 2.05) is 0 Å². The molecule has 12 nitrogen and oxygen atoms in total. The smallest absolute Gasteiger partial charge is 0.255 e. The van der Waals surface area contributed by atoms with Gasteiger partial charge in [-0.05, 0) is 31.2 Å². The Hall–Kier alpha value is -4.41. The molecule has 0 unspecified atom stereocenters. The second kappa shape index (κ2) is 12.2.